The zero-order chi connectivity index (χ0) is 18.4. The van der Waals surface area contributed by atoms with Gasteiger partial charge in [-0.1, -0.05) is 48.5 Å². The Balaban J connectivity index is 1.84. The van der Waals surface area contributed by atoms with Crippen molar-refractivity contribution < 1.29 is 8.42 Å². The maximum absolute atomic E-state index is 13.3. The van der Waals surface area contributed by atoms with Crippen LogP contribution >= 0.6 is 0 Å². The van der Waals surface area contributed by atoms with Gasteiger partial charge in [0.05, 0.1) is 22.1 Å². The molecule has 5 rings (SSSR count). The molecular formula is C21H15N3O2S. The van der Waals surface area contributed by atoms with Crippen LogP contribution in [-0.2, 0) is 10.0 Å². The van der Waals surface area contributed by atoms with Gasteiger partial charge in [0.1, 0.15) is 0 Å². The van der Waals surface area contributed by atoms with Gasteiger partial charge >= 0.3 is 0 Å². The van der Waals surface area contributed by atoms with E-state index in [0.29, 0.717) is 5.52 Å². The van der Waals surface area contributed by atoms with E-state index in [0.717, 1.165) is 27.4 Å². The van der Waals surface area contributed by atoms with Crippen molar-refractivity contribution in [3.05, 3.63) is 85.2 Å². The van der Waals surface area contributed by atoms with Gasteiger partial charge in [0.15, 0.2) is 0 Å². The first-order chi connectivity index (χ1) is 13.2. The van der Waals surface area contributed by atoms with E-state index >= 15 is 0 Å². The van der Waals surface area contributed by atoms with Gasteiger partial charge in [0, 0.05) is 22.5 Å². The van der Waals surface area contributed by atoms with Gasteiger partial charge in [-0.3, -0.25) is 5.10 Å². The molecule has 0 unspecified atom stereocenters. The number of aromatic amines is 1. The Labute approximate surface area is 155 Å². The molecule has 3 aromatic carbocycles. The predicted octanol–water partition coefficient (Wildman–Crippen LogP) is 4.42. The minimum Gasteiger partial charge on any atom is -0.278 e. The van der Waals surface area contributed by atoms with E-state index in [1.165, 1.54) is 3.97 Å². The summed E-state index contributed by atoms with van der Waals surface area (Å²) < 4.78 is 27.9. The largest absolute Gasteiger partial charge is 0.278 e. The van der Waals surface area contributed by atoms with E-state index in [2.05, 4.69) is 10.2 Å². The zero-order valence-corrected chi connectivity index (χ0v) is 15.0. The highest BCUT2D eigenvalue weighted by molar-refractivity contribution is 7.90. The number of H-pyrrole nitrogens is 1. The second-order valence-corrected chi connectivity index (χ2v) is 8.13. The fraction of sp³-hybridized carbons (Fsp3) is 0. The molecule has 0 aliphatic heterocycles. The second-order valence-electron chi connectivity index (χ2n) is 6.31. The number of nitrogens with one attached hydrogen (secondary N) is 1. The van der Waals surface area contributed by atoms with Crippen molar-refractivity contribution in [2.45, 2.75) is 4.90 Å². The minimum absolute atomic E-state index is 0.263. The van der Waals surface area contributed by atoms with Crippen LogP contribution in [0.5, 0.6) is 0 Å². The standard InChI is InChI=1S/C21H15N3O2S/c25-27(26,15-7-2-1-3-8-15)24-14-19(17-9-4-5-12-21(17)24)16-10-6-11-20-18(16)13-22-23-20/h1-14H,(H,22,23). The molecule has 0 aliphatic carbocycles. The number of nitrogens with zero attached hydrogens (tertiary/aromatic N) is 2. The molecule has 0 bridgehead atoms. The molecule has 27 heavy (non-hydrogen) atoms. The van der Waals surface area contributed by atoms with Crippen molar-refractivity contribution in [3.63, 3.8) is 0 Å². The molecule has 1 N–H and O–H groups in total. The molecule has 5 aromatic rings. The van der Waals surface area contributed by atoms with Gasteiger partial charge in [-0.15, -0.1) is 0 Å². The van der Waals surface area contributed by atoms with Gasteiger partial charge in [0.2, 0.25) is 0 Å². The van der Waals surface area contributed by atoms with Crippen LogP contribution in [0.2, 0.25) is 0 Å². The highest BCUT2D eigenvalue weighted by Gasteiger charge is 2.22. The van der Waals surface area contributed by atoms with Crippen LogP contribution in [0.3, 0.4) is 0 Å². The molecule has 132 valence electrons. The Hall–Kier alpha value is -3.38. The molecular weight excluding hydrogens is 358 g/mol. The number of fused-ring (bicyclic) bond motifs is 2. The van der Waals surface area contributed by atoms with Gasteiger partial charge in [0.25, 0.3) is 10.0 Å². The monoisotopic (exact) mass is 373 g/mol. The summed E-state index contributed by atoms with van der Waals surface area (Å²) in [5.41, 5.74) is 3.36. The number of benzene rings is 3. The molecule has 0 amide bonds. The Morgan fingerprint density at radius 3 is 2.41 bits per heavy atom. The summed E-state index contributed by atoms with van der Waals surface area (Å²) in [4.78, 5) is 0.263. The van der Waals surface area contributed by atoms with Crippen molar-refractivity contribution in [1.29, 1.82) is 0 Å². The number of rotatable bonds is 3. The second kappa shape index (κ2) is 5.82. The lowest BCUT2D eigenvalue weighted by Crippen LogP contribution is -2.11. The molecule has 2 heterocycles. The minimum atomic E-state index is -3.70. The summed E-state index contributed by atoms with van der Waals surface area (Å²) >= 11 is 0. The molecule has 0 saturated heterocycles. The molecule has 5 nitrogen and oxygen atoms in total. The molecule has 2 aromatic heterocycles. The van der Waals surface area contributed by atoms with Crippen LogP contribution in [0.25, 0.3) is 32.9 Å². The number of aromatic nitrogens is 3. The van der Waals surface area contributed by atoms with Crippen molar-refractivity contribution >= 4 is 31.8 Å². The van der Waals surface area contributed by atoms with Crippen LogP contribution in [-0.4, -0.2) is 22.6 Å². The average molecular weight is 373 g/mol. The third kappa shape index (κ3) is 2.38. The predicted molar refractivity (Wildman–Crippen MR) is 106 cm³/mol. The maximum Gasteiger partial charge on any atom is 0.268 e. The van der Waals surface area contributed by atoms with Gasteiger partial charge in [-0.25, -0.2) is 12.4 Å². The summed E-state index contributed by atoms with van der Waals surface area (Å²) in [6.07, 6.45) is 3.47. The van der Waals surface area contributed by atoms with E-state index in [9.17, 15) is 8.42 Å². The van der Waals surface area contributed by atoms with Crippen LogP contribution in [0.15, 0.2) is 90.1 Å². The zero-order valence-electron chi connectivity index (χ0n) is 14.2. The summed E-state index contributed by atoms with van der Waals surface area (Å²) in [5.74, 6) is 0. The lowest BCUT2D eigenvalue weighted by atomic mass is 10.0. The SMILES string of the molecule is O=S(=O)(c1ccccc1)n1cc(-c2cccc3[nH]ncc23)c2ccccc21. The topological polar surface area (TPSA) is 67.8 Å². The first kappa shape index (κ1) is 15.8. The summed E-state index contributed by atoms with van der Waals surface area (Å²) in [6, 6.07) is 21.9. The normalized spacial score (nSPS) is 12.0. The maximum atomic E-state index is 13.3. The number of hydrogen-bond acceptors (Lipinski definition) is 3. The molecule has 0 radical (unpaired) electrons. The molecule has 0 fully saturated rings. The highest BCUT2D eigenvalue weighted by Crippen LogP contribution is 2.36. The van der Waals surface area contributed by atoms with E-state index in [1.54, 1.807) is 42.7 Å². The lowest BCUT2D eigenvalue weighted by molar-refractivity contribution is 0.589. The molecule has 0 saturated carbocycles. The number of hydrogen-bond donors (Lipinski definition) is 1. The van der Waals surface area contributed by atoms with Gasteiger partial charge < -0.3 is 0 Å². The third-order valence-corrected chi connectivity index (χ3v) is 6.44. The molecule has 0 aliphatic rings. The van der Waals surface area contributed by atoms with Gasteiger partial charge in [-0.05, 0) is 29.8 Å². The molecule has 6 heteroatoms. The quantitative estimate of drug-likeness (QED) is 0.509. The molecule has 0 spiro atoms. The van der Waals surface area contributed by atoms with E-state index in [-0.39, 0.29) is 4.90 Å². The fourth-order valence-corrected chi connectivity index (χ4v) is 4.86. The first-order valence-electron chi connectivity index (χ1n) is 8.49. The summed E-state index contributed by atoms with van der Waals surface area (Å²) in [7, 11) is -3.70. The van der Waals surface area contributed by atoms with Crippen molar-refractivity contribution in [2.75, 3.05) is 0 Å². The summed E-state index contributed by atoms with van der Waals surface area (Å²) in [5, 5.41) is 8.92. The Kier molecular flexibility index (Phi) is 3.42. The number of para-hydroxylation sites is 1. The lowest BCUT2D eigenvalue weighted by Gasteiger charge is -2.07. The van der Waals surface area contributed by atoms with Crippen molar-refractivity contribution in [3.8, 4) is 11.1 Å². The van der Waals surface area contributed by atoms with Crippen LogP contribution in [0.1, 0.15) is 0 Å². The summed E-state index contributed by atoms with van der Waals surface area (Å²) in [6.45, 7) is 0. The van der Waals surface area contributed by atoms with Crippen LogP contribution < -0.4 is 0 Å². The van der Waals surface area contributed by atoms with E-state index in [1.807, 2.05) is 42.5 Å². The van der Waals surface area contributed by atoms with Gasteiger partial charge in [-0.2, -0.15) is 5.10 Å². The van der Waals surface area contributed by atoms with E-state index < -0.39 is 10.0 Å². The fourth-order valence-electron chi connectivity index (χ4n) is 3.47. The smallest absolute Gasteiger partial charge is 0.268 e. The highest BCUT2D eigenvalue weighted by atomic mass is 32.2. The molecule has 0 atom stereocenters. The van der Waals surface area contributed by atoms with Crippen molar-refractivity contribution in [2.24, 2.45) is 0 Å². The Morgan fingerprint density at radius 1 is 0.778 bits per heavy atom. The van der Waals surface area contributed by atoms with E-state index in [4.69, 9.17) is 0 Å². The average Bonchev–Trinajstić information content (AvgIpc) is 3.33. The van der Waals surface area contributed by atoms with Crippen molar-refractivity contribution in [1.82, 2.24) is 14.2 Å². The third-order valence-electron chi connectivity index (χ3n) is 4.75. The van der Waals surface area contributed by atoms with Crippen LogP contribution in [0.4, 0.5) is 0 Å². The van der Waals surface area contributed by atoms with Crippen LogP contribution in [0, 0.1) is 0 Å². The Bertz CT molecular complexity index is 1380. The Morgan fingerprint density at radius 2 is 1.56 bits per heavy atom. The first-order valence-corrected chi connectivity index (χ1v) is 9.93.